The fourth-order valence-corrected chi connectivity index (χ4v) is 4.56. The first kappa shape index (κ1) is 19.1. The lowest BCUT2D eigenvalue weighted by molar-refractivity contribution is -0.385. The Morgan fingerprint density at radius 3 is 2.63 bits per heavy atom. The van der Waals surface area contributed by atoms with Gasteiger partial charge in [-0.05, 0) is 18.7 Å². The van der Waals surface area contributed by atoms with Gasteiger partial charge in [0.25, 0.3) is 11.6 Å². The van der Waals surface area contributed by atoms with Gasteiger partial charge in [-0.3, -0.25) is 14.9 Å². The summed E-state index contributed by atoms with van der Waals surface area (Å²) in [5.41, 5.74) is 2.16. The number of hydrogen-bond acceptors (Lipinski definition) is 6. The molecule has 27 heavy (non-hydrogen) atoms. The van der Waals surface area contributed by atoms with Crippen molar-refractivity contribution in [3.05, 3.63) is 69.8 Å². The van der Waals surface area contributed by atoms with Gasteiger partial charge in [-0.25, -0.2) is 4.98 Å². The van der Waals surface area contributed by atoms with Crippen LogP contribution in [0.25, 0.3) is 11.3 Å². The first-order chi connectivity index (χ1) is 13.0. The fraction of sp³-hybridized carbons (Fsp3) is 0.158. The maximum atomic E-state index is 12.8. The van der Waals surface area contributed by atoms with Crippen LogP contribution in [-0.2, 0) is 0 Å². The second-order valence-electron chi connectivity index (χ2n) is 5.62. The normalized spacial score (nSPS) is 10.6. The lowest BCUT2D eigenvalue weighted by Crippen LogP contribution is -2.13. The van der Waals surface area contributed by atoms with E-state index in [1.54, 1.807) is 24.8 Å². The Morgan fingerprint density at radius 2 is 1.96 bits per heavy atom. The van der Waals surface area contributed by atoms with Crippen LogP contribution in [0.4, 0.5) is 10.7 Å². The molecule has 0 aliphatic carbocycles. The molecule has 0 spiro atoms. The van der Waals surface area contributed by atoms with E-state index in [9.17, 15) is 14.9 Å². The number of nitrogens with one attached hydrogen (secondary N) is 1. The molecule has 1 aromatic heterocycles. The lowest BCUT2D eigenvalue weighted by atomic mass is 10.1. The van der Waals surface area contributed by atoms with Crippen LogP contribution in [-0.4, -0.2) is 21.6 Å². The standard InChI is InChI=1S/C19H17N3O3S2/c1-3-26-19-20-16(13-8-5-4-6-9-13)18(27-19)21-17(23)14-10-7-11-15(12(14)2)22(24)25/h4-11H,3H2,1-2H3,(H,21,23). The molecule has 0 aliphatic rings. The minimum absolute atomic E-state index is 0.0718. The van der Waals surface area contributed by atoms with Crippen molar-refractivity contribution in [3.8, 4) is 11.3 Å². The Kier molecular flexibility index (Phi) is 5.88. The number of benzene rings is 2. The zero-order chi connectivity index (χ0) is 19.4. The number of aromatic nitrogens is 1. The van der Waals surface area contributed by atoms with Crippen LogP contribution in [0.15, 0.2) is 52.9 Å². The van der Waals surface area contributed by atoms with E-state index >= 15 is 0 Å². The predicted molar refractivity (Wildman–Crippen MR) is 110 cm³/mol. The highest BCUT2D eigenvalue weighted by Gasteiger charge is 2.21. The summed E-state index contributed by atoms with van der Waals surface area (Å²) in [5.74, 6) is 0.490. The second-order valence-corrected chi connectivity index (χ2v) is 8.13. The molecule has 0 saturated heterocycles. The Hall–Kier alpha value is -2.71. The van der Waals surface area contributed by atoms with Crippen LogP contribution in [0.2, 0.25) is 0 Å². The van der Waals surface area contributed by atoms with Crippen LogP contribution in [0.1, 0.15) is 22.8 Å². The molecule has 3 aromatic rings. The van der Waals surface area contributed by atoms with Gasteiger partial charge in [0.2, 0.25) is 0 Å². The van der Waals surface area contributed by atoms with E-state index in [0.717, 1.165) is 15.7 Å². The first-order valence-corrected chi connectivity index (χ1v) is 10.1. The Morgan fingerprint density at radius 1 is 1.22 bits per heavy atom. The SMILES string of the molecule is CCSc1nc(-c2ccccc2)c(NC(=O)c2cccc([N+](=O)[O-])c2C)s1. The third-order valence-corrected chi connectivity index (χ3v) is 5.89. The average Bonchev–Trinajstić information content (AvgIpc) is 3.05. The number of amides is 1. The maximum absolute atomic E-state index is 12.8. The molecule has 2 aromatic carbocycles. The van der Waals surface area contributed by atoms with Crippen molar-refractivity contribution in [2.45, 2.75) is 18.2 Å². The number of thiazole rings is 1. The number of rotatable bonds is 6. The van der Waals surface area contributed by atoms with Gasteiger partial charge in [-0.15, -0.1) is 0 Å². The molecule has 1 N–H and O–H groups in total. The first-order valence-electron chi connectivity index (χ1n) is 8.25. The van der Waals surface area contributed by atoms with Crippen molar-refractivity contribution in [2.75, 3.05) is 11.1 Å². The number of nitro benzene ring substituents is 1. The summed E-state index contributed by atoms with van der Waals surface area (Å²) in [4.78, 5) is 28.1. The Balaban J connectivity index is 1.97. The molecule has 138 valence electrons. The average molecular weight is 399 g/mol. The molecule has 0 aliphatic heterocycles. The Labute approximate surface area is 164 Å². The zero-order valence-electron chi connectivity index (χ0n) is 14.8. The van der Waals surface area contributed by atoms with Crippen LogP contribution >= 0.6 is 23.1 Å². The summed E-state index contributed by atoms with van der Waals surface area (Å²) in [5, 5.41) is 14.7. The smallest absolute Gasteiger partial charge is 0.273 e. The van der Waals surface area contributed by atoms with Gasteiger partial charge < -0.3 is 5.32 Å². The highest BCUT2D eigenvalue weighted by Crippen LogP contribution is 2.38. The van der Waals surface area contributed by atoms with Crippen molar-refractivity contribution in [1.29, 1.82) is 0 Å². The van der Waals surface area contributed by atoms with Crippen molar-refractivity contribution < 1.29 is 9.72 Å². The van der Waals surface area contributed by atoms with Gasteiger partial charge in [0.1, 0.15) is 10.7 Å². The molecule has 0 unspecified atom stereocenters. The molecule has 8 heteroatoms. The molecular formula is C19H17N3O3S2. The number of nitrogens with zero attached hydrogens (tertiary/aromatic N) is 2. The molecule has 0 bridgehead atoms. The minimum atomic E-state index is -0.482. The van der Waals surface area contributed by atoms with E-state index in [2.05, 4.69) is 10.3 Å². The quantitative estimate of drug-likeness (QED) is 0.341. The van der Waals surface area contributed by atoms with Gasteiger partial charge in [-0.2, -0.15) is 0 Å². The largest absolute Gasteiger partial charge is 0.312 e. The van der Waals surface area contributed by atoms with Crippen LogP contribution in [0, 0.1) is 17.0 Å². The number of carbonyl (C=O) groups is 1. The van der Waals surface area contributed by atoms with E-state index in [0.29, 0.717) is 16.3 Å². The molecule has 0 fully saturated rings. The van der Waals surface area contributed by atoms with E-state index < -0.39 is 4.92 Å². The maximum Gasteiger partial charge on any atom is 0.273 e. The number of carbonyl (C=O) groups excluding carboxylic acids is 1. The van der Waals surface area contributed by atoms with Crippen LogP contribution in [0.3, 0.4) is 0 Å². The topological polar surface area (TPSA) is 85.1 Å². The third kappa shape index (κ3) is 4.17. The van der Waals surface area contributed by atoms with E-state index in [-0.39, 0.29) is 17.2 Å². The number of hydrogen-bond donors (Lipinski definition) is 1. The molecule has 6 nitrogen and oxygen atoms in total. The van der Waals surface area contributed by atoms with Gasteiger partial charge in [-0.1, -0.05) is 66.4 Å². The zero-order valence-corrected chi connectivity index (χ0v) is 16.4. The molecule has 1 amide bonds. The van der Waals surface area contributed by atoms with Crippen LogP contribution < -0.4 is 5.32 Å². The second kappa shape index (κ2) is 8.32. The summed E-state index contributed by atoms with van der Waals surface area (Å²) in [6.07, 6.45) is 0. The van der Waals surface area contributed by atoms with E-state index in [1.807, 2.05) is 37.3 Å². The van der Waals surface area contributed by atoms with Gasteiger partial charge in [0, 0.05) is 22.8 Å². The highest BCUT2D eigenvalue weighted by atomic mass is 32.2. The molecule has 0 atom stereocenters. The van der Waals surface area contributed by atoms with E-state index in [1.165, 1.54) is 23.5 Å². The van der Waals surface area contributed by atoms with E-state index in [4.69, 9.17) is 0 Å². The molecule has 0 radical (unpaired) electrons. The van der Waals surface area contributed by atoms with Gasteiger partial charge >= 0.3 is 0 Å². The highest BCUT2D eigenvalue weighted by molar-refractivity contribution is 8.01. The van der Waals surface area contributed by atoms with Gasteiger partial charge in [0.05, 0.1) is 4.92 Å². The molecule has 0 saturated carbocycles. The third-order valence-electron chi connectivity index (χ3n) is 3.90. The summed E-state index contributed by atoms with van der Waals surface area (Å²) in [7, 11) is 0. The van der Waals surface area contributed by atoms with Crippen molar-refractivity contribution in [2.24, 2.45) is 0 Å². The minimum Gasteiger partial charge on any atom is -0.312 e. The van der Waals surface area contributed by atoms with Crippen molar-refractivity contribution in [1.82, 2.24) is 4.98 Å². The summed E-state index contributed by atoms with van der Waals surface area (Å²) < 4.78 is 0.863. The molecule has 3 rings (SSSR count). The molecule has 1 heterocycles. The summed E-state index contributed by atoms with van der Waals surface area (Å²) in [6.45, 7) is 3.62. The molecular weight excluding hydrogens is 382 g/mol. The Bertz CT molecular complexity index is 987. The number of nitro groups is 1. The fourth-order valence-electron chi connectivity index (χ4n) is 2.60. The number of thioether (sulfide) groups is 1. The summed E-state index contributed by atoms with van der Waals surface area (Å²) in [6, 6.07) is 14.1. The van der Waals surface area contributed by atoms with Crippen LogP contribution in [0.5, 0.6) is 0 Å². The summed E-state index contributed by atoms with van der Waals surface area (Å²) >= 11 is 3.01. The van der Waals surface area contributed by atoms with Crippen molar-refractivity contribution in [3.63, 3.8) is 0 Å². The van der Waals surface area contributed by atoms with Crippen molar-refractivity contribution >= 4 is 39.7 Å². The van der Waals surface area contributed by atoms with Gasteiger partial charge in [0.15, 0.2) is 4.34 Å². The number of anilines is 1. The predicted octanol–water partition coefficient (Wildman–Crippen LogP) is 5.39. The monoisotopic (exact) mass is 399 g/mol. The lowest BCUT2D eigenvalue weighted by Gasteiger charge is -2.08.